The van der Waals surface area contributed by atoms with Crippen LogP contribution in [0.4, 0.5) is 5.69 Å². The minimum absolute atomic E-state index is 0.0294. The fraction of sp³-hybridized carbons (Fsp3) is 0.174. The summed E-state index contributed by atoms with van der Waals surface area (Å²) in [5.74, 6) is 0.714. The summed E-state index contributed by atoms with van der Waals surface area (Å²) in [5, 5.41) is 4.40. The van der Waals surface area contributed by atoms with E-state index in [0.717, 1.165) is 16.7 Å². The quantitative estimate of drug-likeness (QED) is 0.412. The van der Waals surface area contributed by atoms with Crippen molar-refractivity contribution in [2.24, 2.45) is 7.05 Å². The van der Waals surface area contributed by atoms with Gasteiger partial charge in [-0.25, -0.2) is 13.4 Å². The Morgan fingerprint density at radius 1 is 1.03 bits per heavy atom. The van der Waals surface area contributed by atoms with Crippen LogP contribution in [-0.4, -0.2) is 28.2 Å². The predicted octanol–water partition coefficient (Wildman–Crippen LogP) is 5.05. The van der Waals surface area contributed by atoms with Crippen molar-refractivity contribution in [2.75, 3.05) is 4.72 Å². The molecular formula is C23H22ClN5O3S. The number of halogens is 1. The van der Waals surface area contributed by atoms with Crippen LogP contribution >= 0.6 is 11.6 Å². The third-order valence-electron chi connectivity index (χ3n) is 4.90. The smallest absolute Gasteiger partial charge is 0.265 e. The maximum Gasteiger partial charge on any atom is 0.265 e. The fourth-order valence-electron chi connectivity index (χ4n) is 3.47. The van der Waals surface area contributed by atoms with Crippen molar-refractivity contribution in [2.45, 2.75) is 25.7 Å². The van der Waals surface area contributed by atoms with Gasteiger partial charge in [0.1, 0.15) is 16.3 Å². The molecule has 0 fully saturated rings. The number of aryl methyl sites for hydroxylation is 4. The van der Waals surface area contributed by atoms with Gasteiger partial charge in [0.15, 0.2) is 0 Å². The van der Waals surface area contributed by atoms with E-state index in [2.05, 4.69) is 19.8 Å². The lowest BCUT2D eigenvalue weighted by molar-refractivity contribution is 0.459. The van der Waals surface area contributed by atoms with Crippen LogP contribution in [0, 0.1) is 20.8 Å². The zero-order chi connectivity index (χ0) is 23.8. The van der Waals surface area contributed by atoms with E-state index >= 15 is 0 Å². The average molecular weight is 484 g/mol. The number of benzene rings is 1. The van der Waals surface area contributed by atoms with Crippen molar-refractivity contribution in [1.82, 2.24) is 19.7 Å². The number of sulfonamides is 1. The lowest BCUT2D eigenvalue weighted by atomic mass is 10.1. The summed E-state index contributed by atoms with van der Waals surface area (Å²) in [7, 11) is -2.26. The molecule has 8 nitrogen and oxygen atoms in total. The molecule has 0 amide bonds. The topological polar surface area (TPSA) is 99.0 Å². The molecule has 4 aromatic rings. The highest BCUT2D eigenvalue weighted by Crippen LogP contribution is 2.35. The first-order chi connectivity index (χ1) is 15.6. The Morgan fingerprint density at radius 3 is 2.39 bits per heavy atom. The maximum atomic E-state index is 12.9. The molecule has 3 aromatic heterocycles. The van der Waals surface area contributed by atoms with E-state index in [0.29, 0.717) is 22.0 Å². The molecule has 0 radical (unpaired) electrons. The monoisotopic (exact) mass is 483 g/mol. The van der Waals surface area contributed by atoms with Crippen LogP contribution in [0.3, 0.4) is 0 Å². The number of aromatic nitrogens is 4. The largest absolute Gasteiger partial charge is 0.436 e. The molecule has 3 heterocycles. The third-order valence-corrected chi connectivity index (χ3v) is 6.43. The van der Waals surface area contributed by atoms with Crippen molar-refractivity contribution >= 4 is 27.3 Å². The Labute approximate surface area is 197 Å². The molecule has 0 bridgehead atoms. The summed E-state index contributed by atoms with van der Waals surface area (Å²) in [6.45, 7) is 5.86. The molecule has 0 spiro atoms. The van der Waals surface area contributed by atoms with Crippen molar-refractivity contribution in [3.05, 3.63) is 76.8 Å². The first kappa shape index (κ1) is 22.8. The second-order valence-electron chi connectivity index (χ2n) is 7.73. The maximum absolute atomic E-state index is 12.9. The van der Waals surface area contributed by atoms with Gasteiger partial charge in [-0.2, -0.15) is 5.10 Å². The van der Waals surface area contributed by atoms with E-state index < -0.39 is 10.0 Å². The normalized spacial score (nSPS) is 11.4. The van der Waals surface area contributed by atoms with E-state index in [1.54, 1.807) is 31.4 Å². The molecular weight excluding hydrogens is 462 g/mol. The number of anilines is 1. The number of rotatable bonds is 6. The van der Waals surface area contributed by atoms with Gasteiger partial charge in [-0.3, -0.25) is 14.4 Å². The zero-order valence-corrected chi connectivity index (χ0v) is 20.1. The highest BCUT2D eigenvalue weighted by Gasteiger charge is 2.21. The van der Waals surface area contributed by atoms with E-state index in [1.165, 1.54) is 23.3 Å². The third kappa shape index (κ3) is 4.99. The van der Waals surface area contributed by atoms with Crippen LogP contribution in [0.2, 0.25) is 5.02 Å². The minimum atomic E-state index is -3.91. The molecule has 10 heteroatoms. The standard InChI is InChI=1S/C23H22ClN5O3S/c1-14-7-15(2)22(16(3)8-14)32-23-21(28-33(30,31)19-12-26-29(4)13-19)6-5-20(27-23)17-9-18(24)11-25-10-17/h5-13,28H,1-4H3. The van der Waals surface area contributed by atoms with Crippen LogP contribution in [0.25, 0.3) is 11.3 Å². The number of pyridine rings is 2. The van der Waals surface area contributed by atoms with Crippen molar-refractivity contribution in [3.63, 3.8) is 0 Å². The Hall–Kier alpha value is -3.43. The summed E-state index contributed by atoms with van der Waals surface area (Å²) in [5.41, 5.74) is 4.31. The number of hydrogen-bond acceptors (Lipinski definition) is 6. The lowest BCUT2D eigenvalue weighted by Gasteiger charge is -2.16. The van der Waals surface area contributed by atoms with Gasteiger partial charge in [-0.15, -0.1) is 0 Å². The Balaban J connectivity index is 1.80. The SMILES string of the molecule is Cc1cc(C)c(Oc2nc(-c3cncc(Cl)c3)ccc2NS(=O)(=O)c2cnn(C)c2)c(C)c1. The summed E-state index contributed by atoms with van der Waals surface area (Å²) in [4.78, 5) is 8.73. The molecule has 33 heavy (non-hydrogen) atoms. The lowest BCUT2D eigenvalue weighted by Crippen LogP contribution is -2.13. The molecule has 0 atom stereocenters. The number of nitrogens with one attached hydrogen (secondary N) is 1. The number of nitrogens with zero attached hydrogens (tertiary/aromatic N) is 4. The fourth-order valence-corrected chi connectivity index (χ4v) is 4.69. The molecule has 1 aromatic carbocycles. The first-order valence-electron chi connectivity index (χ1n) is 10.0. The van der Waals surface area contributed by atoms with Crippen molar-refractivity contribution in [3.8, 4) is 22.9 Å². The van der Waals surface area contributed by atoms with Gasteiger partial charge < -0.3 is 4.74 Å². The van der Waals surface area contributed by atoms with E-state index in [9.17, 15) is 8.42 Å². The van der Waals surface area contributed by atoms with E-state index in [1.807, 2.05) is 32.9 Å². The summed E-state index contributed by atoms with van der Waals surface area (Å²) >= 11 is 6.09. The number of ether oxygens (including phenoxy) is 1. The minimum Gasteiger partial charge on any atom is -0.436 e. The van der Waals surface area contributed by atoms with Crippen LogP contribution in [0.1, 0.15) is 16.7 Å². The van der Waals surface area contributed by atoms with Gasteiger partial charge >= 0.3 is 0 Å². The second kappa shape index (κ2) is 8.84. The Kier molecular flexibility index (Phi) is 6.09. The summed E-state index contributed by atoms with van der Waals surface area (Å²) in [6.07, 6.45) is 5.84. The molecule has 0 aliphatic carbocycles. The van der Waals surface area contributed by atoms with Crippen LogP contribution in [0.5, 0.6) is 11.6 Å². The average Bonchev–Trinajstić information content (AvgIpc) is 3.19. The Morgan fingerprint density at radius 2 is 1.76 bits per heavy atom. The Bertz CT molecular complexity index is 1430. The first-order valence-corrected chi connectivity index (χ1v) is 11.9. The van der Waals surface area contributed by atoms with Gasteiger partial charge in [0, 0.05) is 31.2 Å². The van der Waals surface area contributed by atoms with E-state index in [-0.39, 0.29) is 16.5 Å². The zero-order valence-electron chi connectivity index (χ0n) is 18.5. The highest BCUT2D eigenvalue weighted by molar-refractivity contribution is 7.92. The van der Waals surface area contributed by atoms with Gasteiger partial charge in [0.2, 0.25) is 5.88 Å². The van der Waals surface area contributed by atoms with Gasteiger partial charge in [-0.05, 0) is 50.1 Å². The molecule has 0 aliphatic heterocycles. The molecule has 0 saturated carbocycles. The number of hydrogen-bond donors (Lipinski definition) is 1. The summed E-state index contributed by atoms with van der Waals surface area (Å²) in [6, 6.07) is 8.99. The van der Waals surface area contributed by atoms with Crippen molar-refractivity contribution < 1.29 is 13.2 Å². The molecule has 0 unspecified atom stereocenters. The highest BCUT2D eigenvalue weighted by atomic mass is 35.5. The molecule has 0 saturated heterocycles. The molecule has 1 N–H and O–H groups in total. The van der Waals surface area contributed by atoms with Crippen LogP contribution < -0.4 is 9.46 Å². The predicted molar refractivity (Wildman–Crippen MR) is 127 cm³/mol. The van der Waals surface area contributed by atoms with Crippen LogP contribution in [0.15, 0.2) is 60.0 Å². The summed E-state index contributed by atoms with van der Waals surface area (Å²) < 4.78 is 36.0. The molecule has 170 valence electrons. The second-order valence-corrected chi connectivity index (χ2v) is 9.84. The van der Waals surface area contributed by atoms with Gasteiger partial charge in [0.05, 0.1) is 16.9 Å². The van der Waals surface area contributed by atoms with Gasteiger partial charge in [0.25, 0.3) is 10.0 Å². The molecule has 0 aliphatic rings. The van der Waals surface area contributed by atoms with Gasteiger partial charge in [-0.1, -0.05) is 29.3 Å². The molecule has 4 rings (SSSR count). The van der Waals surface area contributed by atoms with E-state index in [4.69, 9.17) is 16.3 Å². The van der Waals surface area contributed by atoms with Crippen molar-refractivity contribution in [1.29, 1.82) is 0 Å². The van der Waals surface area contributed by atoms with Crippen LogP contribution in [-0.2, 0) is 17.1 Å².